The molecule has 0 heterocycles. The van der Waals surface area contributed by atoms with Crippen LogP contribution in [0, 0.1) is 0 Å². The third-order valence-corrected chi connectivity index (χ3v) is 0.214. The molecule has 0 radical (unpaired) electrons. The normalized spacial score (nSPS) is 5.12. The number of hydrogen-bond donors (Lipinski definition) is 1. The molecular weight excluding hydrogens is 138 g/mol. The molecule has 0 aliphatic carbocycles. The van der Waals surface area contributed by atoms with Crippen molar-refractivity contribution in [1.29, 1.82) is 0 Å². The molecule has 0 aliphatic heterocycles. The zero-order chi connectivity index (χ0) is 4.99. The molecule has 0 aromatic carbocycles. The number of carbonyl (C=O) groups excluding carboxylic acids is 2. The molecule has 0 rings (SSSR count). The Balaban J connectivity index is -0.000000125. The van der Waals surface area contributed by atoms with Crippen molar-refractivity contribution in [2.75, 3.05) is 0 Å². The molecule has 46 valence electrons. The molecular formula is C3H9CaNO3. The van der Waals surface area contributed by atoms with Crippen molar-refractivity contribution >= 4 is 50.2 Å². The molecule has 0 spiro atoms. The standard InChI is InChI=1S/C3H4O3.Ca.H3N.2H/c1-3(5)6-2-4;;;;/h2H,1H3;;1H3;;. The molecule has 0 aromatic heterocycles. The van der Waals surface area contributed by atoms with E-state index in [0.717, 1.165) is 6.92 Å². The van der Waals surface area contributed by atoms with Gasteiger partial charge in [-0.05, 0) is 0 Å². The second-order valence-electron chi connectivity index (χ2n) is 0.706. The van der Waals surface area contributed by atoms with Gasteiger partial charge in [0.2, 0.25) is 0 Å². The van der Waals surface area contributed by atoms with E-state index in [1.807, 2.05) is 0 Å². The van der Waals surface area contributed by atoms with Crippen molar-refractivity contribution in [3.05, 3.63) is 0 Å². The molecule has 0 aliphatic rings. The van der Waals surface area contributed by atoms with Crippen LogP contribution < -0.4 is 6.15 Å². The van der Waals surface area contributed by atoms with Crippen LogP contribution in [0.15, 0.2) is 0 Å². The second-order valence-corrected chi connectivity index (χ2v) is 0.706. The van der Waals surface area contributed by atoms with E-state index in [9.17, 15) is 9.59 Å². The minimum absolute atomic E-state index is 0. The summed E-state index contributed by atoms with van der Waals surface area (Å²) in [5.41, 5.74) is 0. The molecule has 8 heavy (non-hydrogen) atoms. The number of carbonyl (C=O) groups is 2. The molecule has 0 atom stereocenters. The van der Waals surface area contributed by atoms with E-state index in [-0.39, 0.29) is 50.4 Å². The molecule has 0 unspecified atom stereocenters. The first-order valence-electron chi connectivity index (χ1n) is 1.38. The first kappa shape index (κ1) is 15.8. The topological polar surface area (TPSA) is 78.4 Å². The summed E-state index contributed by atoms with van der Waals surface area (Å²) in [5, 5.41) is 0. The summed E-state index contributed by atoms with van der Waals surface area (Å²) in [6.45, 7) is 1.26. The monoisotopic (exact) mass is 147 g/mol. The summed E-state index contributed by atoms with van der Waals surface area (Å²) in [6.07, 6.45) is 0. The summed E-state index contributed by atoms with van der Waals surface area (Å²) in [4.78, 5) is 18.8. The van der Waals surface area contributed by atoms with Crippen molar-refractivity contribution in [2.24, 2.45) is 0 Å². The molecule has 0 saturated carbocycles. The molecule has 4 nitrogen and oxygen atoms in total. The SMILES string of the molecule is CC(=O)OC=O.N.[CaH2]. The van der Waals surface area contributed by atoms with E-state index in [4.69, 9.17) is 0 Å². The van der Waals surface area contributed by atoms with Gasteiger partial charge in [-0.15, -0.1) is 0 Å². The van der Waals surface area contributed by atoms with Crippen LogP contribution in [0.4, 0.5) is 0 Å². The predicted octanol–water partition coefficient (Wildman–Crippen LogP) is -1.05. The van der Waals surface area contributed by atoms with Crippen molar-refractivity contribution in [2.45, 2.75) is 6.92 Å². The van der Waals surface area contributed by atoms with Gasteiger partial charge in [-0.25, -0.2) is 0 Å². The number of ether oxygens (including phenoxy) is 1. The first-order valence-corrected chi connectivity index (χ1v) is 1.38. The fourth-order valence-electron chi connectivity index (χ4n) is 0.0678. The van der Waals surface area contributed by atoms with Crippen LogP contribution in [0.2, 0.25) is 0 Å². The fourth-order valence-corrected chi connectivity index (χ4v) is 0.0678. The van der Waals surface area contributed by atoms with E-state index in [1.165, 1.54) is 0 Å². The van der Waals surface area contributed by atoms with Gasteiger partial charge in [0.1, 0.15) is 0 Å². The maximum atomic E-state index is 9.59. The molecule has 0 aromatic rings. The van der Waals surface area contributed by atoms with Gasteiger partial charge in [0.25, 0.3) is 0 Å². The van der Waals surface area contributed by atoms with Gasteiger partial charge in [0.15, 0.2) is 0 Å². The fraction of sp³-hybridized carbons (Fsp3) is 0.333. The molecule has 0 amide bonds. The van der Waals surface area contributed by atoms with Crippen LogP contribution in [0.5, 0.6) is 0 Å². The van der Waals surface area contributed by atoms with Crippen molar-refractivity contribution in [3.8, 4) is 0 Å². The van der Waals surface area contributed by atoms with E-state index in [1.54, 1.807) is 0 Å². The van der Waals surface area contributed by atoms with E-state index in [2.05, 4.69) is 4.74 Å². The Morgan fingerprint density at radius 1 is 1.62 bits per heavy atom. The van der Waals surface area contributed by atoms with Gasteiger partial charge in [0.05, 0.1) is 0 Å². The molecule has 3 N–H and O–H groups in total. The van der Waals surface area contributed by atoms with Crippen LogP contribution in [-0.4, -0.2) is 50.2 Å². The summed E-state index contributed by atoms with van der Waals surface area (Å²) >= 11 is 0. The summed E-state index contributed by atoms with van der Waals surface area (Å²) < 4.78 is 3.72. The van der Waals surface area contributed by atoms with Crippen LogP contribution in [0.1, 0.15) is 6.92 Å². The van der Waals surface area contributed by atoms with Gasteiger partial charge < -0.3 is 10.9 Å². The van der Waals surface area contributed by atoms with E-state index >= 15 is 0 Å². The minimum atomic E-state index is -0.579. The van der Waals surface area contributed by atoms with Crippen molar-refractivity contribution in [3.63, 3.8) is 0 Å². The van der Waals surface area contributed by atoms with Crippen LogP contribution >= 0.6 is 0 Å². The quantitative estimate of drug-likeness (QED) is 0.222. The molecule has 0 bridgehead atoms. The summed E-state index contributed by atoms with van der Waals surface area (Å²) in [6, 6.07) is 0. The third kappa shape index (κ3) is 16.2. The van der Waals surface area contributed by atoms with Crippen molar-refractivity contribution in [1.82, 2.24) is 6.15 Å². The molecule has 5 heteroatoms. The van der Waals surface area contributed by atoms with Gasteiger partial charge >= 0.3 is 50.2 Å². The third-order valence-electron chi connectivity index (χ3n) is 0.214. The Morgan fingerprint density at radius 2 is 2.00 bits per heavy atom. The second kappa shape index (κ2) is 10.4. The predicted molar refractivity (Wildman–Crippen MR) is 31.4 cm³/mol. The van der Waals surface area contributed by atoms with Crippen molar-refractivity contribution < 1.29 is 14.3 Å². The first-order chi connectivity index (χ1) is 2.77. The maximum absolute atomic E-state index is 9.59. The van der Waals surface area contributed by atoms with Gasteiger partial charge in [-0.1, -0.05) is 0 Å². The summed E-state index contributed by atoms with van der Waals surface area (Å²) in [5.74, 6) is -0.579. The Labute approximate surface area is 77.2 Å². The zero-order valence-electron chi connectivity index (χ0n) is 4.01. The van der Waals surface area contributed by atoms with Crippen LogP contribution in [0.3, 0.4) is 0 Å². The number of esters is 1. The average molecular weight is 147 g/mol. The van der Waals surface area contributed by atoms with Gasteiger partial charge in [-0.2, -0.15) is 0 Å². The van der Waals surface area contributed by atoms with E-state index < -0.39 is 5.97 Å². The Bertz CT molecular complexity index is 74.9. The Kier molecular flexibility index (Phi) is 20.4. The number of hydrogen-bond acceptors (Lipinski definition) is 4. The zero-order valence-corrected chi connectivity index (χ0v) is 4.01. The van der Waals surface area contributed by atoms with Gasteiger partial charge in [0, 0.05) is 6.92 Å². The van der Waals surface area contributed by atoms with Crippen LogP contribution in [-0.2, 0) is 14.3 Å². The Hall–Kier alpha value is 0.360. The molecule has 0 fully saturated rings. The molecule has 0 saturated heterocycles. The van der Waals surface area contributed by atoms with Crippen LogP contribution in [0.25, 0.3) is 0 Å². The van der Waals surface area contributed by atoms with Gasteiger partial charge in [-0.3, -0.25) is 9.59 Å². The summed E-state index contributed by atoms with van der Waals surface area (Å²) in [7, 11) is 0. The average Bonchev–Trinajstić information content (AvgIpc) is 1.35. The number of rotatable bonds is 1. The van der Waals surface area contributed by atoms with E-state index in [0.29, 0.717) is 0 Å². The Morgan fingerprint density at radius 3 is 2.00 bits per heavy atom.